The number of hydrogen-bond donors (Lipinski definition) is 0. The SMILES string of the molecule is c1ccc(-c2ccc(N(c3ccccc3)c3cccc4c3oc3cc(-c5ccccc5-c5nc(-c6ccccc6)nc(-c6ccccc6)n5)ccc34)cc2)cc1. The molecule has 5 heteroatoms. The Bertz CT molecular complexity index is 2890. The van der Waals surface area contributed by atoms with Crippen molar-refractivity contribution in [3.05, 3.63) is 206 Å². The molecule has 0 atom stereocenters. The van der Waals surface area contributed by atoms with E-state index in [-0.39, 0.29) is 0 Å². The molecule has 0 amide bonds. The zero-order valence-corrected chi connectivity index (χ0v) is 30.3. The molecular weight excluding hydrogens is 685 g/mol. The van der Waals surface area contributed by atoms with Crippen LogP contribution in [0.1, 0.15) is 0 Å². The van der Waals surface area contributed by atoms with Crippen molar-refractivity contribution in [2.45, 2.75) is 0 Å². The molecule has 2 heterocycles. The monoisotopic (exact) mass is 718 g/mol. The molecule has 0 saturated carbocycles. The molecule has 0 unspecified atom stereocenters. The Morgan fingerprint density at radius 1 is 0.339 bits per heavy atom. The first-order valence-electron chi connectivity index (χ1n) is 18.7. The van der Waals surface area contributed by atoms with E-state index in [1.165, 1.54) is 11.1 Å². The van der Waals surface area contributed by atoms with Gasteiger partial charge in [-0.1, -0.05) is 164 Å². The molecule has 0 N–H and O–H groups in total. The van der Waals surface area contributed by atoms with Crippen LogP contribution in [0, 0.1) is 0 Å². The van der Waals surface area contributed by atoms with Crippen LogP contribution in [-0.2, 0) is 0 Å². The van der Waals surface area contributed by atoms with Crippen molar-refractivity contribution in [3.8, 4) is 56.4 Å². The third-order valence-electron chi connectivity index (χ3n) is 10.1. The minimum atomic E-state index is 0.608. The van der Waals surface area contributed by atoms with E-state index in [1.54, 1.807) is 0 Å². The summed E-state index contributed by atoms with van der Waals surface area (Å²) in [4.78, 5) is 17.3. The van der Waals surface area contributed by atoms with Crippen molar-refractivity contribution in [1.82, 2.24) is 15.0 Å². The Morgan fingerprint density at radius 3 is 1.48 bits per heavy atom. The lowest BCUT2D eigenvalue weighted by molar-refractivity contribution is 0.669. The molecule has 10 aromatic rings. The molecule has 10 rings (SSSR count). The van der Waals surface area contributed by atoms with Crippen LogP contribution in [0.5, 0.6) is 0 Å². The summed E-state index contributed by atoms with van der Waals surface area (Å²) in [5.41, 5.74) is 11.8. The number of para-hydroxylation sites is 2. The number of furan rings is 1. The molecule has 8 aromatic carbocycles. The number of rotatable bonds is 8. The van der Waals surface area contributed by atoms with Crippen molar-refractivity contribution in [1.29, 1.82) is 0 Å². The van der Waals surface area contributed by atoms with E-state index in [2.05, 4.69) is 132 Å². The summed E-state index contributed by atoms with van der Waals surface area (Å²) in [5.74, 6) is 1.86. The van der Waals surface area contributed by atoms with Crippen LogP contribution in [0.25, 0.3) is 78.4 Å². The van der Waals surface area contributed by atoms with Gasteiger partial charge in [0.25, 0.3) is 0 Å². The van der Waals surface area contributed by atoms with Gasteiger partial charge in [0.05, 0.1) is 5.69 Å². The van der Waals surface area contributed by atoms with E-state index < -0.39 is 0 Å². The molecule has 0 radical (unpaired) electrons. The zero-order valence-electron chi connectivity index (χ0n) is 30.3. The summed E-state index contributed by atoms with van der Waals surface area (Å²) in [6.07, 6.45) is 0. The van der Waals surface area contributed by atoms with E-state index in [0.29, 0.717) is 17.5 Å². The first kappa shape index (κ1) is 33.0. The maximum atomic E-state index is 6.88. The predicted octanol–water partition coefficient (Wildman–Crippen LogP) is 13.6. The lowest BCUT2D eigenvalue weighted by Gasteiger charge is -2.25. The third kappa shape index (κ3) is 6.17. The predicted molar refractivity (Wildman–Crippen MR) is 229 cm³/mol. The second-order valence-electron chi connectivity index (χ2n) is 13.6. The van der Waals surface area contributed by atoms with Crippen LogP contribution in [-0.4, -0.2) is 15.0 Å². The van der Waals surface area contributed by atoms with Crippen LogP contribution in [0.2, 0.25) is 0 Å². The molecule has 264 valence electrons. The highest BCUT2D eigenvalue weighted by atomic mass is 16.3. The normalized spacial score (nSPS) is 11.2. The van der Waals surface area contributed by atoms with Gasteiger partial charge >= 0.3 is 0 Å². The highest BCUT2D eigenvalue weighted by Gasteiger charge is 2.21. The van der Waals surface area contributed by atoms with E-state index in [9.17, 15) is 0 Å². The molecule has 56 heavy (non-hydrogen) atoms. The number of nitrogens with zero attached hydrogens (tertiary/aromatic N) is 4. The molecule has 0 aliphatic rings. The van der Waals surface area contributed by atoms with Gasteiger partial charge in [0.1, 0.15) is 5.58 Å². The highest BCUT2D eigenvalue weighted by Crippen LogP contribution is 2.43. The lowest BCUT2D eigenvalue weighted by Crippen LogP contribution is -2.10. The molecule has 0 spiro atoms. The second-order valence-corrected chi connectivity index (χ2v) is 13.6. The molecule has 5 nitrogen and oxygen atoms in total. The second kappa shape index (κ2) is 14.3. The largest absolute Gasteiger partial charge is 0.454 e. The molecule has 0 saturated heterocycles. The lowest BCUT2D eigenvalue weighted by atomic mass is 9.98. The summed E-state index contributed by atoms with van der Waals surface area (Å²) < 4.78 is 6.88. The van der Waals surface area contributed by atoms with Gasteiger partial charge in [-0.2, -0.15) is 0 Å². The fourth-order valence-corrected chi connectivity index (χ4v) is 7.42. The number of benzene rings is 8. The fraction of sp³-hybridized carbons (Fsp3) is 0. The van der Waals surface area contributed by atoms with Crippen molar-refractivity contribution >= 4 is 39.0 Å². The number of aromatic nitrogens is 3. The van der Waals surface area contributed by atoms with Crippen LogP contribution in [0.15, 0.2) is 211 Å². The molecule has 0 aliphatic carbocycles. The van der Waals surface area contributed by atoms with Crippen molar-refractivity contribution in [3.63, 3.8) is 0 Å². The first-order valence-corrected chi connectivity index (χ1v) is 18.7. The van der Waals surface area contributed by atoms with Crippen molar-refractivity contribution < 1.29 is 4.42 Å². The average molecular weight is 719 g/mol. The van der Waals surface area contributed by atoms with Crippen LogP contribution >= 0.6 is 0 Å². The number of fused-ring (bicyclic) bond motifs is 3. The maximum Gasteiger partial charge on any atom is 0.164 e. The number of anilines is 3. The quantitative estimate of drug-likeness (QED) is 0.157. The molecule has 0 fully saturated rings. The Balaban J connectivity index is 1.09. The molecule has 0 bridgehead atoms. The maximum absolute atomic E-state index is 6.88. The zero-order chi connectivity index (χ0) is 37.3. The van der Waals surface area contributed by atoms with Crippen LogP contribution < -0.4 is 4.90 Å². The van der Waals surface area contributed by atoms with E-state index in [1.807, 2.05) is 78.9 Å². The molecule has 2 aromatic heterocycles. The van der Waals surface area contributed by atoms with E-state index in [0.717, 1.165) is 66.8 Å². The van der Waals surface area contributed by atoms with Crippen molar-refractivity contribution in [2.75, 3.05) is 4.90 Å². The van der Waals surface area contributed by atoms with E-state index >= 15 is 0 Å². The summed E-state index contributed by atoms with van der Waals surface area (Å²) in [6, 6.07) is 70.9. The van der Waals surface area contributed by atoms with Gasteiger partial charge in [-0.15, -0.1) is 0 Å². The molecular formula is C51H34N4O. The summed E-state index contributed by atoms with van der Waals surface area (Å²) in [7, 11) is 0. The highest BCUT2D eigenvalue weighted by molar-refractivity contribution is 6.11. The van der Waals surface area contributed by atoms with Gasteiger partial charge in [-0.3, -0.25) is 0 Å². The first-order chi connectivity index (χ1) is 27.8. The van der Waals surface area contributed by atoms with Gasteiger partial charge in [0, 0.05) is 38.8 Å². The van der Waals surface area contributed by atoms with Gasteiger partial charge in [0.15, 0.2) is 23.1 Å². The topological polar surface area (TPSA) is 55.1 Å². The Kier molecular flexibility index (Phi) is 8.43. The third-order valence-corrected chi connectivity index (χ3v) is 10.1. The Labute approximate surface area is 324 Å². The van der Waals surface area contributed by atoms with Gasteiger partial charge in [-0.25, -0.2) is 15.0 Å². The average Bonchev–Trinajstić information content (AvgIpc) is 3.67. The van der Waals surface area contributed by atoms with Crippen molar-refractivity contribution in [2.24, 2.45) is 0 Å². The fourth-order valence-electron chi connectivity index (χ4n) is 7.42. The Morgan fingerprint density at radius 2 is 0.839 bits per heavy atom. The van der Waals surface area contributed by atoms with Gasteiger partial charge in [-0.05, 0) is 64.7 Å². The minimum Gasteiger partial charge on any atom is -0.454 e. The molecule has 0 aliphatic heterocycles. The van der Waals surface area contributed by atoms with E-state index in [4.69, 9.17) is 19.4 Å². The summed E-state index contributed by atoms with van der Waals surface area (Å²) in [6.45, 7) is 0. The standard InChI is InChI=1S/C51H34N4O/c1-5-16-35(17-6-1)36-28-31-41(32-29-36)55(40-22-11-4-12-23-40)46-27-15-26-44-43-33-30-39(34-47(43)56-48(44)46)42-24-13-14-25-45(42)51-53-49(37-18-7-2-8-19-37)52-50(54-51)38-20-9-3-10-21-38/h1-34H. The van der Waals surface area contributed by atoms with Gasteiger partial charge in [0.2, 0.25) is 0 Å². The Hall–Kier alpha value is -7.63. The summed E-state index contributed by atoms with van der Waals surface area (Å²) in [5, 5.41) is 2.10. The van der Waals surface area contributed by atoms with Crippen LogP contribution in [0.4, 0.5) is 17.1 Å². The summed E-state index contributed by atoms with van der Waals surface area (Å²) >= 11 is 0. The van der Waals surface area contributed by atoms with Crippen LogP contribution in [0.3, 0.4) is 0 Å². The number of hydrogen-bond acceptors (Lipinski definition) is 5. The minimum absolute atomic E-state index is 0.608. The smallest absolute Gasteiger partial charge is 0.164 e. The van der Waals surface area contributed by atoms with Gasteiger partial charge < -0.3 is 9.32 Å².